The van der Waals surface area contributed by atoms with Crippen LogP contribution in [0.1, 0.15) is 13.8 Å². The summed E-state index contributed by atoms with van der Waals surface area (Å²) in [6.45, 7) is 6.76. The number of fused-ring (bicyclic) bond motifs is 1. The molecule has 0 radical (unpaired) electrons. The average Bonchev–Trinajstić information content (AvgIpc) is 2.97. The number of hydrogen-bond acceptors (Lipinski definition) is 4. The van der Waals surface area contributed by atoms with Crippen molar-refractivity contribution in [1.82, 2.24) is 14.5 Å². The highest BCUT2D eigenvalue weighted by atomic mass is 35.5. The van der Waals surface area contributed by atoms with E-state index in [9.17, 15) is 10.1 Å². The highest BCUT2D eigenvalue weighted by molar-refractivity contribution is 6.31. The molecule has 0 unspecified atom stereocenters. The van der Waals surface area contributed by atoms with Crippen LogP contribution in [0.2, 0.25) is 5.02 Å². The van der Waals surface area contributed by atoms with Gasteiger partial charge in [-0.05, 0) is 43.4 Å². The van der Waals surface area contributed by atoms with Crippen molar-refractivity contribution in [1.29, 1.82) is 0 Å². The first-order valence-electron chi connectivity index (χ1n) is 8.16. The molecule has 7 heteroatoms. The van der Waals surface area contributed by atoms with E-state index < -0.39 is 4.92 Å². The van der Waals surface area contributed by atoms with Crippen molar-refractivity contribution in [2.75, 3.05) is 13.1 Å². The van der Waals surface area contributed by atoms with Gasteiger partial charge in [-0.2, -0.15) is 0 Å². The van der Waals surface area contributed by atoms with Gasteiger partial charge in [-0.25, -0.2) is 4.98 Å². The van der Waals surface area contributed by atoms with Gasteiger partial charge in [-0.1, -0.05) is 25.4 Å². The Hall–Kier alpha value is -2.44. The molecule has 1 aromatic heterocycles. The number of aromatic nitrogens is 2. The van der Waals surface area contributed by atoms with E-state index in [0.29, 0.717) is 11.7 Å². The summed E-state index contributed by atoms with van der Waals surface area (Å²) in [5, 5.41) is 11.5. The fourth-order valence-electron chi connectivity index (χ4n) is 2.82. The normalized spacial score (nSPS) is 11.4. The lowest BCUT2D eigenvalue weighted by Crippen LogP contribution is -2.26. The van der Waals surface area contributed by atoms with E-state index in [1.807, 2.05) is 18.2 Å². The average molecular weight is 359 g/mol. The van der Waals surface area contributed by atoms with Crippen molar-refractivity contribution < 1.29 is 4.92 Å². The van der Waals surface area contributed by atoms with Gasteiger partial charge in [-0.15, -0.1) is 0 Å². The zero-order valence-corrected chi connectivity index (χ0v) is 14.9. The third kappa shape index (κ3) is 3.50. The third-order valence-electron chi connectivity index (χ3n) is 4.28. The third-order valence-corrected chi connectivity index (χ3v) is 4.52. The van der Waals surface area contributed by atoms with Gasteiger partial charge in [0.25, 0.3) is 5.69 Å². The van der Waals surface area contributed by atoms with Crippen LogP contribution in [0.3, 0.4) is 0 Å². The number of halogens is 1. The van der Waals surface area contributed by atoms with Crippen LogP contribution in [-0.4, -0.2) is 32.5 Å². The standard InChI is InChI=1S/C18H19ClN4O2/c1-3-21(4-2)12-22-17-10-7-14(19)11-16(17)20-18(22)13-5-8-15(9-6-13)23(24)25/h5-11H,3-4,12H2,1-2H3. The first kappa shape index (κ1) is 17.4. The number of benzene rings is 2. The molecule has 3 aromatic rings. The van der Waals surface area contributed by atoms with Crippen LogP contribution in [-0.2, 0) is 6.67 Å². The Morgan fingerprint density at radius 2 is 1.84 bits per heavy atom. The molecule has 0 saturated carbocycles. The smallest absolute Gasteiger partial charge is 0.269 e. The van der Waals surface area contributed by atoms with Gasteiger partial charge in [0.2, 0.25) is 0 Å². The number of nitrogens with zero attached hydrogens (tertiary/aromatic N) is 4. The molecule has 0 spiro atoms. The fourth-order valence-corrected chi connectivity index (χ4v) is 2.99. The lowest BCUT2D eigenvalue weighted by molar-refractivity contribution is -0.384. The summed E-state index contributed by atoms with van der Waals surface area (Å²) in [5.74, 6) is 0.777. The van der Waals surface area contributed by atoms with Crippen LogP contribution < -0.4 is 0 Å². The van der Waals surface area contributed by atoms with Crippen LogP contribution in [0.15, 0.2) is 42.5 Å². The molecule has 6 nitrogen and oxygen atoms in total. The molecule has 0 fully saturated rings. The highest BCUT2D eigenvalue weighted by Gasteiger charge is 2.16. The van der Waals surface area contributed by atoms with Crippen molar-refractivity contribution in [3.8, 4) is 11.4 Å². The quantitative estimate of drug-likeness (QED) is 0.478. The van der Waals surface area contributed by atoms with Crippen molar-refractivity contribution in [2.24, 2.45) is 0 Å². The van der Waals surface area contributed by atoms with Gasteiger partial charge >= 0.3 is 0 Å². The Bertz CT molecular complexity index is 901. The molecule has 0 saturated heterocycles. The Kier molecular flexibility index (Phi) is 5.01. The van der Waals surface area contributed by atoms with Gasteiger partial charge in [0.05, 0.1) is 22.6 Å². The molecule has 0 aliphatic carbocycles. The lowest BCUT2D eigenvalue weighted by atomic mass is 10.2. The monoisotopic (exact) mass is 358 g/mol. The molecular weight excluding hydrogens is 340 g/mol. The molecule has 25 heavy (non-hydrogen) atoms. The van der Waals surface area contributed by atoms with Gasteiger partial charge in [0.1, 0.15) is 5.82 Å². The second-order valence-corrected chi connectivity index (χ2v) is 6.18. The molecule has 130 valence electrons. The molecule has 0 atom stereocenters. The van der Waals surface area contributed by atoms with Gasteiger partial charge in [-0.3, -0.25) is 15.0 Å². The van der Waals surface area contributed by atoms with Crippen molar-refractivity contribution in [2.45, 2.75) is 20.5 Å². The minimum absolute atomic E-state index is 0.0678. The highest BCUT2D eigenvalue weighted by Crippen LogP contribution is 2.28. The van der Waals surface area contributed by atoms with E-state index >= 15 is 0 Å². The van der Waals surface area contributed by atoms with Crippen LogP contribution in [0.4, 0.5) is 5.69 Å². The number of nitro groups is 1. The molecule has 0 aliphatic rings. The number of imidazole rings is 1. The molecule has 1 heterocycles. The molecule has 2 aromatic carbocycles. The lowest BCUT2D eigenvalue weighted by Gasteiger charge is -2.20. The second-order valence-electron chi connectivity index (χ2n) is 5.75. The van der Waals surface area contributed by atoms with Gasteiger partial charge < -0.3 is 4.57 Å². The van der Waals surface area contributed by atoms with E-state index in [1.54, 1.807) is 12.1 Å². The summed E-state index contributed by atoms with van der Waals surface area (Å²) >= 11 is 6.11. The summed E-state index contributed by atoms with van der Waals surface area (Å²) in [4.78, 5) is 17.5. The molecular formula is C18H19ClN4O2. The first-order chi connectivity index (χ1) is 12.0. The predicted molar refractivity (Wildman–Crippen MR) is 99.8 cm³/mol. The predicted octanol–water partition coefficient (Wildman–Crippen LogP) is 4.56. The Labute approximate surface area is 150 Å². The minimum atomic E-state index is -0.400. The topological polar surface area (TPSA) is 64.2 Å². The molecule has 0 aliphatic heterocycles. The Balaban J connectivity index is 2.13. The SMILES string of the molecule is CCN(CC)Cn1c(-c2ccc([N+](=O)[O-])cc2)nc2cc(Cl)ccc21. The first-order valence-corrected chi connectivity index (χ1v) is 8.54. The van der Waals surface area contributed by atoms with E-state index in [-0.39, 0.29) is 5.69 Å². The number of non-ortho nitro benzene ring substituents is 1. The zero-order chi connectivity index (χ0) is 18.0. The fraction of sp³-hybridized carbons (Fsp3) is 0.278. The minimum Gasteiger partial charge on any atom is -0.310 e. The van der Waals surface area contributed by atoms with E-state index in [4.69, 9.17) is 16.6 Å². The maximum atomic E-state index is 10.9. The van der Waals surface area contributed by atoms with E-state index in [1.165, 1.54) is 12.1 Å². The molecule has 0 bridgehead atoms. The zero-order valence-electron chi connectivity index (χ0n) is 14.1. The number of hydrogen-bond donors (Lipinski definition) is 0. The van der Waals surface area contributed by atoms with Crippen LogP contribution in [0.25, 0.3) is 22.4 Å². The van der Waals surface area contributed by atoms with Crippen LogP contribution in [0.5, 0.6) is 0 Å². The van der Waals surface area contributed by atoms with Crippen molar-refractivity contribution in [3.05, 3.63) is 57.6 Å². The van der Waals surface area contributed by atoms with Crippen molar-refractivity contribution >= 4 is 28.3 Å². The summed E-state index contributed by atoms with van der Waals surface area (Å²) in [5.41, 5.74) is 2.71. The van der Waals surface area contributed by atoms with Gasteiger partial charge in [0, 0.05) is 22.7 Å². The Morgan fingerprint density at radius 1 is 1.16 bits per heavy atom. The summed E-state index contributed by atoms with van der Waals surface area (Å²) in [6, 6.07) is 12.1. The Morgan fingerprint density at radius 3 is 2.44 bits per heavy atom. The number of rotatable bonds is 6. The van der Waals surface area contributed by atoms with E-state index in [2.05, 4.69) is 23.3 Å². The van der Waals surface area contributed by atoms with Crippen molar-refractivity contribution in [3.63, 3.8) is 0 Å². The molecule has 0 N–H and O–H groups in total. The number of nitro benzene ring substituents is 1. The maximum Gasteiger partial charge on any atom is 0.269 e. The van der Waals surface area contributed by atoms with Crippen LogP contribution in [0, 0.1) is 10.1 Å². The largest absolute Gasteiger partial charge is 0.310 e. The van der Waals surface area contributed by atoms with Gasteiger partial charge in [0.15, 0.2) is 0 Å². The molecule has 0 amide bonds. The summed E-state index contributed by atoms with van der Waals surface area (Å²) < 4.78 is 2.12. The summed E-state index contributed by atoms with van der Waals surface area (Å²) in [7, 11) is 0. The molecule has 3 rings (SSSR count). The second kappa shape index (κ2) is 7.21. The van der Waals surface area contributed by atoms with E-state index in [0.717, 1.165) is 35.5 Å². The summed E-state index contributed by atoms with van der Waals surface area (Å²) in [6.07, 6.45) is 0. The maximum absolute atomic E-state index is 10.9. The van der Waals surface area contributed by atoms with Crippen LogP contribution >= 0.6 is 11.6 Å².